The molecule has 3 rings (SSSR count). The highest BCUT2D eigenvalue weighted by Gasteiger charge is 2.31. The van der Waals surface area contributed by atoms with E-state index in [1.165, 1.54) is 25.9 Å². The van der Waals surface area contributed by atoms with E-state index in [0.717, 1.165) is 18.2 Å². The van der Waals surface area contributed by atoms with Crippen LogP contribution in [0, 0.1) is 11.3 Å². The van der Waals surface area contributed by atoms with Gasteiger partial charge in [0.2, 0.25) is 0 Å². The van der Waals surface area contributed by atoms with Gasteiger partial charge in [-0.05, 0) is 17.7 Å². The average molecular weight is 362 g/mol. The van der Waals surface area contributed by atoms with Crippen molar-refractivity contribution >= 4 is 5.65 Å². The van der Waals surface area contributed by atoms with E-state index in [2.05, 4.69) is 0 Å². The van der Waals surface area contributed by atoms with E-state index in [1.54, 1.807) is 13.2 Å². The van der Waals surface area contributed by atoms with Crippen molar-refractivity contribution < 1.29 is 22.8 Å². The van der Waals surface area contributed by atoms with E-state index in [0.29, 0.717) is 0 Å². The third kappa shape index (κ3) is 2.79. The van der Waals surface area contributed by atoms with Crippen molar-refractivity contribution in [2.75, 3.05) is 0 Å². The molecule has 0 aliphatic carbocycles. The van der Waals surface area contributed by atoms with Gasteiger partial charge in [-0.15, -0.1) is 0 Å². The molecule has 26 heavy (non-hydrogen) atoms. The molecule has 0 spiro atoms. The van der Waals surface area contributed by atoms with Crippen molar-refractivity contribution in [1.82, 2.24) is 9.20 Å². The van der Waals surface area contributed by atoms with Crippen LogP contribution in [0.4, 0.5) is 13.2 Å². The van der Waals surface area contributed by atoms with Crippen LogP contribution in [0.25, 0.3) is 16.8 Å². The van der Waals surface area contributed by atoms with Crippen LogP contribution in [0.1, 0.15) is 12.0 Å². The molecule has 0 aliphatic rings. The Morgan fingerprint density at radius 3 is 2.69 bits per heavy atom. The van der Waals surface area contributed by atoms with Crippen LogP contribution in [0.5, 0.6) is 5.88 Å². The van der Waals surface area contributed by atoms with E-state index < -0.39 is 23.2 Å². The summed E-state index contributed by atoms with van der Waals surface area (Å²) in [5.74, 6) is -0.726. The fourth-order valence-electron chi connectivity index (χ4n) is 2.84. The average Bonchev–Trinajstić information content (AvgIpc) is 2.96. The quantitative estimate of drug-likeness (QED) is 0.664. The van der Waals surface area contributed by atoms with E-state index in [1.807, 2.05) is 6.07 Å². The summed E-state index contributed by atoms with van der Waals surface area (Å²) in [4.78, 5) is 12.8. The number of aryl methyl sites for hydroxylation is 2. The van der Waals surface area contributed by atoms with Crippen molar-refractivity contribution in [2.45, 2.75) is 19.1 Å². The first-order valence-corrected chi connectivity index (χ1v) is 7.61. The van der Waals surface area contributed by atoms with Crippen molar-refractivity contribution in [1.29, 1.82) is 5.26 Å². The van der Waals surface area contributed by atoms with Crippen molar-refractivity contribution in [3.8, 4) is 23.1 Å². The summed E-state index contributed by atoms with van der Waals surface area (Å²) in [6, 6.07) is 7.54. The van der Waals surface area contributed by atoms with E-state index in [9.17, 15) is 23.1 Å². The second-order valence-corrected chi connectivity index (χ2v) is 5.68. The molecule has 2 heterocycles. The molecule has 0 saturated carbocycles. The van der Waals surface area contributed by atoms with Crippen LogP contribution in [0.3, 0.4) is 0 Å². The van der Waals surface area contributed by atoms with Crippen molar-refractivity contribution in [2.24, 2.45) is 7.05 Å². The Hall–Kier alpha value is -3.28. The molecule has 0 N–H and O–H groups in total. The van der Waals surface area contributed by atoms with Crippen molar-refractivity contribution in [3.05, 3.63) is 52.4 Å². The van der Waals surface area contributed by atoms with Gasteiger partial charge in [0.1, 0.15) is 12.1 Å². The Morgan fingerprint density at radius 1 is 1.31 bits per heavy atom. The lowest BCUT2D eigenvalue weighted by atomic mass is 10.0. The minimum Gasteiger partial charge on any atom is -0.842 e. The van der Waals surface area contributed by atoms with Gasteiger partial charge >= 0.3 is 17.4 Å². The molecule has 3 aromatic rings. The Kier molecular flexibility index (Phi) is 4.20. The van der Waals surface area contributed by atoms with Crippen molar-refractivity contribution in [3.63, 3.8) is 0 Å². The van der Waals surface area contributed by atoms with Gasteiger partial charge < -0.3 is 5.11 Å². The van der Waals surface area contributed by atoms with Crippen LogP contribution >= 0.6 is 0 Å². The predicted molar refractivity (Wildman–Crippen MR) is 82.9 cm³/mol. The second kappa shape index (κ2) is 6.22. The first-order chi connectivity index (χ1) is 12.3. The van der Waals surface area contributed by atoms with Gasteiger partial charge in [0.25, 0.3) is 0 Å². The molecule has 0 bridgehead atoms. The molecule has 134 valence electrons. The molecule has 0 saturated heterocycles. The smallest absolute Gasteiger partial charge is 0.416 e. The van der Waals surface area contributed by atoms with E-state index in [-0.39, 0.29) is 29.7 Å². The minimum atomic E-state index is -4.60. The highest BCUT2D eigenvalue weighted by molar-refractivity contribution is 5.67. The molecule has 2 aromatic heterocycles. The zero-order valence-corrected chi connectivity index (χ0v) is 13.6. The van der Waals surface area contributed by atoms with Gasteiger partial charge in [0.05, 0.1) is 36.2 Å². The summed E-state index contributed by atoms with van der Waals surface area (Å²) in [6.45, 7) is 0.0229. The number of fused-ring (bicyclic) bond motifs is 1. The monoisotopic (exact) mass is 362 g/mol. The maximum Gasteiger partial charge on any atom is 0.416 e. The minimum absolute atomic E-state index is 0.0185. The van der Waals surface area contributed by atoms with Crippen LogP contribution in [-0.2, 0) is 19.8 Å². The zero-order valence-electron chi connectivity index (χ0n) is 13.6. The fraction of sp³-hybridized carbons (Fsp3) is 0.235. The number of aromatic nitrogens is 3. The summed E-state index contributed by atoms with van der Waals surface area (Å²) in [6.07, 6.45) is -3.03. The van der Waals surface area contributed by atoms with Gasteiger partial charge in [-0.3, -0.25) is 0 Å². The highest BCUT2D eigenvalue weighted by atomic mass is 19.4. The first kappa shape index (κ1) is 17.5. The van der Waals surface area contributed by atoms with Crippen LogP contribution < -0.4 is 15.2 Å². The number of nitrogens with zero attached hydrogens (tertiary/aromatic N) is 4. The summed E-state index contributed by atoms with van der Waals surface area (Å²) >= 11 is 0. The summed E-state index contributed by atoms with van der Waals surface area (Å²) in [5, 5.41) is 21.6. The molecular formula is C17H13F3N4O2. The van der Waals surface area contributed by atoms with E-state index >= 15 is 0 Å². The van der Waals surface area contributed by atoms with Crippen LogP contribution in [0.2, 0.25) is 0 Å². The van der Waals surface area contributed by atoms with Gasteiger partial charge in [-0.1, -0.05) is 16.6 Å². The molecule has 0 radical (unpaired) electrons. The molecule has 0 amide bonds. The fourth-order valence-corrected chi connectivity index (χ4v) is 2.84. The molecule has 9 heteroatoms. The lowest BCUT2D eigenvalue weighted by Crippen LogP contribution is -2.44. The third-order valence-electron chi connectivity index (χ3n) is 4.04. The maximum absolute atomic E-state index is 13.0. The van der Waals surface area contributed by atoms with Gasteiger partial charge in [-0.25, -0.2) is 14.0 Å². The lowest BCUT2D eigenvalue weighted by Gasteiger charge is -2.16. The standard InChI is InChI=1S/C17H13F3N4O2/c1-22-9-6-13-23(8-3-7-21)15(25)14(16(26)24(13)22)11-4-2-5-12(10-11)17(18,19)20/h2,4-6,9-10H,3,8H2,1H3. The number of benzene rings is 1. The second-order valence-electron chi connectivity index (χ2n) is 5.68. The summed E-state index contributed by atoms with van der Waals surface area (Å²) < 4.78 is 42.8. The molecular weight excluding hydrogens is 349 g/mol. The summed E-state index contributed by atoms with van der Waals surface area (Å²) in [7, 11) is 1.57. The summed E-state index contributed by atoms with van der Waals surface area (Å²) in [5.41, 5.74) is -1.88. The van der Waals surface area contributed by atoms with Crippen LogP contribution in [-0.4, -0.2) is 9.20 Å². The molecule has 0 unspecified atom stereocenters. The molecule has 0 atom stereocenters. The SMILES string of the molecule is Cn1ccc2n1c(=O)c(-c1cccc(C(F)(F)F)c1)c([O-])[n+]2CCC#N. The number of alkyl halides is 3. The third-order valence-corrected chi connectivity index (χ3v) is 4.04. The topological polar surface area (TPSA) is 77.1 Å². The number of hydrogen-bond acceptors (Lipinski definition) is 3. The highest BCUT2D eigenvalue weighted by Crippen LogP contribution is 2.32. The molecule has 0 fully saturated rings. The maximum atomic E-state index is 13.0. The molecule has 0 aliphatic heterocycles. The zero-order chi connectivity index (χ0) is 19.1. The number of nitriles is 1. The van der Waals surface area contributed by atoms with Crippen LogP contribution in [0.15, 0.2) is 41.3 Å². The lowest BCUT2D eigenvalue weighted by molar-refractivity contribution is -0.714. The van der Waals surface area contributed by atoms with Gasteiger partial charge in [0, 0.05) is 7.05 Å². The molecule has 1 aromatic carbocycles. The Balaban J connectivity index is 2.35. The predicted octanol–water partition coefficient (Wildman–Crippen LogP) is 1.60. The number of hydrogen-bond donors (Lipinski definition) is 0. The van der Waals surface area contributed by atoms with E-state index in [4.69, 9.17) is 5.26 Å². The largest absolute Gasteiger partial charge is 0.842 e. The van der Waals surface area contributed by atoms with Gasteiger partial charge in [0.15, 0.2) is 0 Å². The number of rotatable bonds is 3. The Bertz CT molecular complexity index is 1090. The normalized spacial score (nSPS) is 11.7. The first-order valence-electron chi connectivity index (χ1n) is 7.61. The molecule has 6 nitrogen and oxygen atoms in total. The Morgan fingerprint density at radius 2 is 2.04 bits per heavy atom. The van der Waals surface area contributed by atoms with Gasteiger partial charge in [-0.2, -0.15) is 18.4 Å². The Labute approximate surface area is 145 Å². The number of halogens is 3.